The molecule has 6 heteroatoms. The molecule has 1 unspecified atom stereocenters. The number of nitrogens with zero attached hydrogens (tertiary/aromatic N) is 1. The Morgan fingerprint density at radius 1 is 1.45 bits per heavy atom. The van der Waals surface area contributed by atoms with Crippen molar-refractivity contribution in [1.29, 1.82) is 0 Å². The summed E-state index contributed by atoms with van der Waals surface area (Å²) in [6.07, 6.45) is 3.38. The van der Waals surface area contributed by atoms with Crippen molar-refractivity contribution in [2.24, 2.45) is 11.3 Å². The minimum atomic E-state index is 0. The van der Waals surface area contributed by atoms with Crippen LogP contribution in [0.4, 0.5) is 0 Å². The number of thiazole rings is 1. The Bertz CT molecular complexity index is 537. The Balaban J connectivity index is 0.00000176. The van der Waals surface area contributed by atoms with Crippen LogP contribution >= 0.6 is 23.7 Å². The number of nitrogens with one attached hydrogen (secondary N) is 2. The fraction of sp³-hybridized carbons (Fsp3) is 0.750. The highest BCUT2D eigenvalue weighted by atomic mass is 35.5. The van der Waals surface area contributed by atoms with E-state index in [1.165, 1.54) is 10.6 Å². The summed E-state index contributed by atoms with van der Waals surface area (Å²) in [5.74, 6) is 0.924. The number of aromatic nitrogens is 1. The van der Waals surface area contributed by atoms with Crippen molar-refractivity contribution in [3.8, 4) is 0 Å². The summed E-state index contributed by atoms with van der Waals surface area (Å²) in [6, 6.07) is 0. The summed E-state index contributed by atoms with van der Waals surface area (Å²) in [5.41, 5.74) is 1.49. The van der Waals surface area contributed by atoms with Crippen LogP contribution in [0, 0.1) is 18.3 Å². The zero-order chi connectivity index (χ0) is 15.0. The smallest absolute Gasteiger partial charge is 0.224 e. The molecule has 2 heterocycles. The van der Waals surface area contributed by atoms with Gasteiger partial charge in [0.25, 0.3) is 0 Å². The summed E-state index contributed by atoms with van der Waals surface area (Å²) in [7, 11) is 0. The zero-order valence-electron chi connectivity index (χ0n) is 13.6. The number of hydrogen-bond donors (Lipinski definition) is 2. The standard InChI is InChI=1S/C16H25N3OS.ClH/c1-10(2)14-11(3)21-13(19-14)9-18-15(20)12-8-16(12)4-6-17-7-5-16;/h10,12,17H,4-9H2,1-3H3,(H,18,20);1H. The number of carbonyl (C=O) groups is 1. The lowest BCUT2D eigenvalue weighted by Crippen LogP contribution is -2.33. The van der Waals surface area contributed by atoms with Crippen LogP contribution in [-0.4, -0.2) is 24.0 Å². The number of carbonyl (C=O) groups excluding carboxylic acids is 1. The molecule has 1 atom stereocenters. The van der Waals surface area contributed by atoms with E-state index in [1.807, 2.05) is 0 Å². The van der Waals surface area contributed by atoms with Crippen LogP contribution < -0.4 is 10.6 Å². The van der Waals surface area contributed by atoms with Gasteiger partial charge in [0.2, 0.25) is 5.91 Å². The van der Waals surface area contributed by atoms with Crippen LogP contribution in [0.3, 0.4) is 0 Å². The molecule has 1 spiro atoms. The molecule has 1 aliphatic heterocycles. The fourth-order valence-electron chi connectivity index (χ4n) is 3.56. The highest BCUT2D eigenvalue weighted by Crippen LogP contribution is 2.58. The number of hydrogen-bond acceptors (Lipinski definition) is 4. The Hall–Kier alpha value is -0.650. The van der Waals surface area contributed by atoms with Crippen LogP contribution in [0.5, 0.6) is 0 Å². The van der Waals surface area contributed by atoms with Crippen molar-refractivity contribution < 1.29 is 4.79 Å². The number of aryl methyl sites for hydroxylation is 1. The summed E-state index contributed by atoms with van der Waals surface area (Å²) in [4.78, 5) is 18.3. The quantitative estimate of drug-likeness (QED) is 0.883. The maximum Gasteiger partial charge on any atom is 0.224 e. The highest BCUT2D eigenvalue weighted by Gasteiger charge is 2.57. The molecule has 1 aromatic rings. The molecule has 2 N–H and O–H groups in total. The number of rotatable bonds is 4. The van der Waals surface area contributed by atoms with E-state index in [-0.39, 0.29) is 24.2 Å². The molecule has 0 aromatic carbocycles. The van der Waals surface area contributed by atoms with E-state index >= 15 is 0 Å². The molecule has 1 aromatic heterocycles. The van der Waals surface area contributed by atoms with Crippen LogP contribution in [-0.2, 0) is 11.3 Å². The van der Waals surface area contributed by atoms with Gasteiger partial charge in [-0.2, -0.15) is 0 Å². The Morgan fingerprint density at radius 3 is 2.73 bits per heavy atom. The monoisotopic (exact) mass is 343 g/mol. The van der Waals surface area contributed by atoms with E-state index in [2.05, 4.69) is 36.4 Å². The third kappa shape index (κ3) is 3.47. The van der Waals surface area contributed by atoms with Gasteiger partial charge in [-0.05, 0) is 50.6 Å². The number of amides is 1. The lowest BCUT2D eigenvalue weighted by atomic mass is 9.92. The molecular formula is C16H26ClN3OS. The van der Waals surface area contributed by atoms with E-state index in [9.17, 15) is 4.79 Å². The largest absolute Gasteiger partial charge is 0.349 e. The first-order chi connectivity index (χ1) is 10.0. The zero-order valence-corrected chi connectivity index (χ0v) is 15.2. The molecule has 3 rings (SSSR count). The van der Waals surface area contributed by atoms with Crippen molar-refractivity contribution >= 4 is 29.7 Å². The Kier molecular flexibility index (Phi) is 5.51. The van der Waals surface area contributed by atoms with E-state index < -0.39 is 0 Å². The first kappa shape index (κ1) is 17.7. The molecule has 124 valence electrons. The van der Waals surface area contributed by atoms with Crippen molar-refractivity contribution in [3.63, 3.8) is 0 Å². The first-order valence-electron chi connectivity index (χ1n) is 7.96. The molecule has 2 aliphatic rings. The van der Waals surface area contributed by atoms with Gasteiger partial charge in [-0.3, -0.25) is 4.79 Å². The summed E-state index contributed by atoms with van der Waals surface area (Å²) >= 11 is 1.71. The predicted octanol–water partition coefficient (Wildman–Crippen LogP) is 3.00. The topological polar surface area (TPSA) is 54.0 Å². The maximum absolute atomic E-state index is 12.3. The molecule has 1 saturated heterocycles. The minimum Gasteiger partial charge on any atom is -0.349 e. The molecule has 1 amide bonds. The average Bonchev–Trinajstić information content (AvgIpc) is 3.00. The van der Waals surface area contributed by atoms with Gasteiger partial charge >= 0.3 is 0 Å². The number of halogens is 1. The van der Waals surface area contributed by atoms with E-state index in [4.69, 9.17) is 0 Å². The fourth-order valence-corrected chi connectivity index (χ4v) is 4.59. The lowest BCUT2D eigenvalue weighted by Gasteiger charge is -2.23. The van der Waals surface area contributed by atoms with Gasteiger partial charge in [0, 0.05) is 10.8 Å². The first-order valence-corrected chi connectivity index (χ1v) is 8.78. The van der Waals surface area contributed by atoms with Gasteiger partial charge < -0.3 is 10.6 Å². The third-order valence-corrected chi connectivity index (χ3v) is 5.93. The van der Waals surface area contributed by atoms with E-state index in [1.54, 1.807) is 11.3 Å². The normalized spacial score (nSPS) is 22.5. The van der Waals surface area contributed by atoms with Crippen molar-refractivity contribution in [1.82, 2.24) is 15.6 Å². The maximum atomic E-state index is 12.3. The summed E-state index contributed by atoms with van der Waals surface area (Å²) < 4.78 is 0. The molecule has 0 radical (unpaired) electrons. The second kappa shape index (κ2) is 6.85. The van der Waals surface area contributed by atoms with Crippen LogP contribution in [0.2, 0.25) is 0 Å². The molecule has 22 heavy (non-hydrogen) atoms. The highest BCUT2D eigenvalue weighted by molar-refractivity contribution is 7.11. The van der Waals surface area contributed by atoms with Crippen molar-refractivity contribution in [2.75, 3.05) is 13.1 Å². The molecular weight excluding hydrogens is 318 g/mol. The van der Waals surface area contributed by atoms with E-state index in [0.29, 0.717) is 17.9 Å². The van der Waals surface area contributed by atoms with Crippen molar-refractivity contribution in [2.45, 2.75) is 52.5 Å². The predicted molar refractivity (Wildman–Crippen MR) is 92.7 cm³/mol. The molecule has 0 bridgehead atoms. The van der Waals surface area contributed by atoms with Gasteiger partial charge in [-0.1, -0.05) is 13.8 Å². The molecule has 4 nitrogen and oxygen atoms in total. The molecule has 1 aliphatic carbocycles. The molecule has 2 fully saturated rings. The third-order valence-electron chi connectivity index (χ3n) is 4.94. The lowest BCUT2D eigenvalue weighted by molar-refractivity contribution is -0.123. The SMILES string of the molecule is Cc1sc(CNC(=O)C2CC23CCNCC3)nc1C(C)C.Cl. The number of piperidine rings is 1. The van der Waals surface area contributed by atoms with Crippen LogP contribution in [0.1, 0.15) is 54.6 Å². The minimum absolute atomic E-state index is 0. The second-order valence-corrected chi connectivity index (χ2v) is 8.08. The Labute approximate surface area is 142 Å². The van der Waals surface area contributed by atoms with Gasteiger partial charge in [-0.15, -0.1) is 23.7 Å². The van der Waals surface area contributed by atoms with Crippen LogP contribution in [0.25, 0.3) is 0 Å². The van der Waals surface area contributed by atoms with E-state index in [0.717, 1.165) is 37.4 Å². The van der Waals surface area contributed by atoms with Gasteiger partial charge in [0.05, 0.1) is 12.2 Å². The summed E-state index contributed by atoms with van der Waals surface area (Å²) in [6.45, 7) is 9.15. The van der Waals surface area contributed by atoms with Crippen molar-refractivity contribution in [3.05, 3.63) is 15.6 Å². The second-order valence-electron chi connectivity index (χ2n) is 6.79. The average molecular weight is 344 g/mol. The summed E-state index contributed by atoms with van der Waals surface area (Å²) in [5, 5.41) is 7.51. The van der Waals surface area contributed by atoms with Gasteiger partial charge in [0.1, 0.15) is 5.01 Å². The van der Waals surface area contributed by atoms with Gasteiger partial charge in [-0.25, -0.2) is 4.98 Å². The van der Waals surface area contributed by atoms with Crippen LogP contribution in [0.15, 0.2) is 0 Å². The molecule has 1 saturated carbocycles. The van der Waals surface area contributed by atoms with Gasteiger partial charge in [0.15, 0.2) is 0 Å². The Morgan fingerprint density at radius 2 is 2.14 bits per heavy atom.